The lowest BCUT2D eigenvalue weighted by Crippen LogP contribution is -2.32. The number of aliphatic hydroxyl groups is 1. The maximum atomic E-state index is 11.0. The van der Waals surface area contributed by atoms with Gasteiger partial charge in [-0.15, -0.1) is 11.3 Å². The molecule has 1 rings (SSSR count). The van der Waals surface area contributed by atoms with Crippen LogP contribution in [-0.4, -0.2) is 36.4 Å². The smallest absolute Gasteiger partial charge is 0.336 e. The summed E-state index contributed by atoms with van der Waals surface area (Å²) in [6, 6.07) is 1.49. The Labute approximate surface area is 104 Å². The zero-order valence-electron chi connectivity index (χ0n) is 9.68. The molecule has 0 aliphatic rings. The number of hydrogen-bond donors (Lipinski definition) is 3. The van der Waals surface area contributed by atoms with E-state index in [1.165, 1.54) is 24.5 Å². The van der Waals surface area contributed by atoms with Gasteiger partial charge in [0.2, 0.25) is 0 Å². The fraction of sp³-hybridized carbons (Fsp3) is 0.545. The minimum Gasteiger partial charge on any atom is -0.478 e. The van der Waals surface area contributed by atoms with Crippen LogP contribution >= 0.6 is 11.3 Å². The predicted octanol–water partition coefficient (Wildman–Crippen LogP) is 1.02. The number of hydrogen-bond acceptors (Lipinski definition) is 5. The van der Waals surface area contributed by atoms with Crippen LogP contribution in [0.3, 0.4) is 0 Å². The Hall–Kier alpha value is -0.950. The molecule has 0 saturated carbocycles. The lowest BCUT2D eigenvalue weighted by Gasteiger charge is -2.27. The number of carboxylic acid groups (broad SMARTS) is 1. The first kappa shape index (κ1) is 14.1. The maximum absolute atomic E-state index is 11.0. The summed E-state index contributed by atoms with van der Waals surface area (Å²) in [5, 5.41) is 21.2. The summed E-state index contributed by atoms with van der Waals surface area (Å²) in [7, 11) is 1.47. The van der Waals surface area contributed by atoms with Crippen molar-refractivity contribution in [2.45, 2.75) is 18.4 Å². The Bertz CT molecular complexity index is 379. The van der Waals surface area contributed by atoms with Crippen LogP contribution in [0, 0.1) is 0 Å². The highest BCUT2D eigenvalue weighted by atomic mass is 32.1. The van der Waals surface area contributed by atoms with Gasteiger partial charge in [-0.05, 0) is 30.8 Å². The number of rotatable bonds is 7. The average Bonchev–Trinajstić information content (AvgIpc) is 2.76. The SMILES string of the molecule is COCC(O)(CCCN)c1sccc1C(=O)O. The molecule has 1 aromatic rings. The fourth-order valence-electron chi connectivity index (χ4n) is 1.72. The predicted molar refractivity (Wildman–Crippen MR) is 65.3 cm³/mol. The van der Waals surface area contributed by atoms with Gasteiger partial charge in [-0.3, -0.25) is 0 Å². The molecule has 96 valence electrons. The first-order valence-corrected chi connectivity index (χ1v) is 6.16. The summed E-state index contributed by atoms with van der Waals surface area (Å²) >= 11 is 1.22. The molecule has 1 unspecified atom stereocenters. The molecule has 4 N–H and O–H groups in total. The number of carbonyl (C=O) groups is 1. The van der Waals surface area contributed by atoms with Crippen molar-refractivity contribution in [3.05, 3.63) is 21.9 Å². The van der Waals surface area contributed by atoms with Crippen molar-refractivity contribution in [3.63, 3.8) is 0 Å². The van der Waals surface area contributed by atoms with E-state index in [0.29, 0.717) is 24.3 Å². The van der Waals surface area contributed by atoms with Gasteiger partial charge in [-0.25, -0.2) is 4.79 Å². The Kier molecular flexibility index (Phi) is 5.07. The van der Waals surface area contributed by atoms with Crippen LogP contribution in [0.5, 0.6) is 0 Å². The molecule has 0 bridgehead atoms. The van der Waals surface area contributed by atoms with E-state index in [0.717, 1.165) is 0 Å². The van der Waals surface area contributed by atoms with Gasteiger partial charge >= 0.3 is 5.97 Å². The van der Waals surface area contributed by atoms with Crippen LogP contribution in [0.15, 0.2) is 11.4 Å². The standard InChI is InChI=1S/C11H17NO4S/c1-16-7-11(15,4-2-5-12)9-8(10(13)14)3-6-17-9/h3,6,15H,2,4-5,7,12H2,1H3,(H,13,14). The molecule has 5 nitrogen and oxygen atoms in total. The maximum Gasteiger partial charge on any atom is 0.336 e. The number of carboxylic acids is 1. The van der Waals surface area contributed by atoms with E-state index in [4.69, 9.17) is 15.6 Å². The van der Waals surface area contributed by atoms with Gasteiger partial charge in [0.25, 0.3) is 0 Å². The van der Waals surface area contributed by atoms with Crippen LogP contribution in [0.1, 0.15) is 28.1 Å². The van der Waals surface area contributed by atoms with Crippen LogP contribution in [0.25, 0.3) is 0 Å². The molecule has 6 heteroatoms. The van der Waals surface area contributed by atoms with Gasteiger partial charge in [0, 0.05) is 7.11 Å². The first-order chi connectivity index (χ1) is 8.05. The molecule has 0 amide bonds. The minimum atomic E-state index is -1.27. The van der Waals surface area contributed by atoms with Gasteiger partial charge < -0.3 is 20.7 Å². The minimum absolute atomic E-state index is 0.0633. The molecule has 0 radical (unpaired) electrons. The van der Waals surface area contributed by atoms with Crippen LogP contribution < -0.4 is 5.73 Å². The second-order valence-electron chi connectivity index (χ2n) is 3.83. The van der Waals surface area contributed by atoms with Crippen molar-refractivity contribution < 1.29 is 19.7 Å². The highest BCUT2D eigenvalue weighted by Crippen LogP contribution is 2.33. The van der Waals surface area contributed by atoms with Crippen LogP contribution in [0.4, 0.5) is 0 Å². The summed E-state index contributed by atoms with van der Waals surface area (Å²) in [4.78, 5) is 11.5. The van der Waals surface area contributed by atoms with E-state index in [1.807, 2.05) is 0 Å². The largest absolute Gasteiger partial charge is 0.478 e. The second-order valence-corrected chi connectivity index (χ2v) is 4.74. The molecule has 1 heterocycles. The lowest BCUT2D eigenvalue weighted by atomic mass is 9.94. The van der Waals surface area contributed by atoms with E-state index in [-0.39, 0.29) is 12.2 Å². The Balaban J connectivity index is 3.03. The van der Waals surface area contributed by atoms with Crippen molar-refractivity contribution >= 4 is 17.3 Å². The number of aromatic carboxylic acids is 1. The van der Waals surface area contributed by atoms with Crippen molar-refractivity contribution in [2.75, 3.05) is 20.3 Å². The molecule has 0 saturated heterocycles. The van der Waals surface area contributed by atoms with Crippen LogP contribution in [0.2, 0.25) is 0 Å². The molecular weight excluding hydrogens is 242 g/mol. The molecule has 1 atom stereocenters. The Morgan fingerprint density at radius 3 is 2.88 bits per heavy atom. The lowest BCUT2D eigenvalue weighted by molar-refractivity contribution is -0.0408. The third-order valence-corrected chi connectivity index (χ3v) is 3.60. The van der Waals surface area contributed by atoms with Crippen molar-refractivity contribution in [1.82, 2.24) is 0 Å². The molecule has 0 aromatic carbocycles. The van der Waals surface area contributed by atoms with Gasteiger partial charge in [0.05, 0.1) is 17.0 Å². The normalized spacial score (nSPS) is 14.5. The van der Waals surface area contributed by atoms with E-state index >= 15 is 0 Å². The molecular formula is C11H17NO4S. The number of methoxy groups -OCH3 is 1. The summed E-state index contributed by atoms with van der Waals surface area (Å²) in [6.07, 6.45) is 0.995. The monoisotopic (exact) mass is 259 g/mol. The topological polar surface area (TPSA) is 92.8 Å². The van der Waals surface area contributed by atoms with Crippen LogP contribution in [-0.2, 0) is 10.3 Å². The molecule has 0 aliphatic heterocycles. The van der Waals surface area contributed by atoms with Gasteiger partial charge in [-0.1, -0.05) is 0 Å². The van der Waals surface area contributed by atoms with Crippen molar-refractivity contribution in [2.24, 2.45) is 5.73 Å². The van der Waals surface area contributed by atoms with Gasteiger partial charge in [0.15, 0.2) is 0 Å². The molecule has 0 aliphatic carbocycles. The molecule has 0 spiro atoms. The zero-order valence-corrected chi connectivity index (χ0v) is 10.5. The highest BCUT2D eigenvalue weighted by Gasteiger charge is 2.34. The second kappa shape index (κ2) is 6.11. The van der Waals surface area contributed by atoms with E-state index in [1.54, 1.807) is 5.38 Å². The van der Waals surface area contributed by atoms with E-state index in [9.17, 15) is 9.90 Å². The Morgan fingerprint density at radius 2 is 2.35 bits per heavy atom. The quantitative estimate of drug-likeness (QED) is 0.680. The van der Waals surface area contributed by atoms with Crippen molar-refractivity contribution in [3.8, 4) is 0 Å². The first-order valence-electron chi connectivity index (χ1n) is 5.28. The summed E-state index contributed by atoms with van der Waals surface area (Å²) in [6.45, 7) is 0.508. The Morgan fingerprint density at radius 1 is 1.65 bits per heavy atom. The van der Waals surface area contributed by atoms with Gasteiger partial charge in [0.1, 0.15) is 5.60 Å². The summed E-state index contributed by atoms with van der Waals surface area (Å²) in [5.41, 5.74) is 4.28. The molecule has 0 fully saturated rings. The van der Waals surface area contributed by atoms with E-state index in [2.05, 4.69) is 0 Å². The number of nitrogens with two attached hydrogens (primary N) is 1. The fourth-order valence-corrected chi connectivity index (χ4v) is 2.73. The number of ether oxygens (including phenoxy) is 1. The number of thiophene rings is 1. The summed E-state index contributed by atoms with van der Waals surface area (Å²) in [5.74, 6) is -1.04. The van der Waals surface area contributed by atoms with E-state index < -0.39 is 11.6 Å². The highest BCUT2D eigenvalue weighted by molar-refractivity contribution is 7.10. The molecule has 17 heavy (non-hydrogen) atoms. The third kappa shape index (κ3) is 3.26. The average molecular weight is 259 g/mol. The summed E-state index contributed by atoms with van der Waals surface area (Å²) < 4.78 is 4.99. The zero-order chi connectivity index (χ0) is 12.9. The third-order valence-electron chi connectivity index (χ3n) is 2.50. The molecule has 1 aromatic heterocycles. The van der Waals surface area contributed by atoms with Gasteiger partial charge in [-0.2, -0.15) is 0 Å². The van der Waals surface area contributed by atoms with Crippen molar-refractivity contribution in [1.29, 1.82) is 0 Å².